The van der Waals surface area contributed by atoms with Crippen molar-refractivity contribution in [2.24, 2.45) is 10.8 Å². The largest absolute Gasteiger partial charge is 0.377 e. The molecule has 4 amide bonds. The fourth-order valence-corrected chi connectivity index (χ4v) is 13.9. The number of hydrogen-bond donors (Lipinski definition) is 5. The maximum Gasteiger partial charge on any atom is 0.247 e. The summed E-state index contributed by atoms with van der Waals surface area (Å²) >= 11 is 14.8. The van der Waals surface area contributed by atoms with Gasteiger partial charge in [0.1, 0.15) is 30.0 Å². The second-order valence-electron chi connectivity index (χ2n) is 20.5. The zero-order chi connectivity index (χ0) is 51.7. The fraction of sp³-hybridized carbons (Fsp3) is 0.608. The molecule has 4 fully saturated rings. The Hall–Kier alpha value is -4.22. The van der Waals surface area contributed by atoms with Crippen LogP contribution in [0.15, 0.2) is 66.9 Å². The lowest BCUT2D eigenvalue weighted by atomic mass is 9.83. The number of likely N-dealkylation sites (N-methyl/N-ethyl adjacent to an activating group) is 2. The molecule has 0 bridgehead atoms. The molecular weight excluding hydrogens is 991 g/mol. The zero-order valence-corrected chi connectivity index (χ0v) is 46.0. The molecule has 17 nitrogen and oxygen atoms in total. The molecule has 0 saturated carbocycles. The fourth-order valence-electron chi connectivity index (χ4n) is 10.2. The van der Waals surface area contributed by atoms with Gasteiger partial charge < -0.3 is 50.8 Å². The van der Waals surface area contributed by atoms with Crippen molar-refractivity contribution in [1.82, 2.24) is 56.3 Å². The van der Waals surface area contributed by atoms with Crippen LogP contribution in [0, 0.1) is 10.8 Å². The van der Waals surface area contributed by atoms with E-state index in [-0.39, 0.29) is 67.0 Å². The summed E-state index contributed by atoms with van der Waals surface area (Å²) in [6.07, 6.45) is 4.79. The monoisotopic (exact) mass is 1060 g/mol. The van der Waals surface area contributed by atoms with Gasteiger partial charge in [-0.3, -0.25) is 19.2 Å². The molecule has 5 heterocycles. The Bertz CT molecular complexity index is 2350. The average Bonchev–Trinajstić information content (AvgIpc) is 3.96. The normalized spacial score (nSPS) is 25.2. The molecule has 21 heteroatoms. The van der Waals surface area contributed by atoms with Gasteiger partial charge in [0.15, 0.2) is 0 Å². The van der Waals surface area contributed by atoms with Crippen LogP contribution in [-0.2, 0) is 41.8 Å². The number of rotatable bonds is 22. The van der Waals surface area contributed by atoms with Crippen LogP contribution in [0.4, 0.5) is 0 Å². The van der Waals surface area contributed by atoms with E-state index in [1.165, 1.54) is 0 Å². The SMILES string of the molecule is CN[C@@H](C)C(=S)N[C@H]1CCS[C@H]2CC(C)(C)[C@@H](C(=O)N[C@H](COCCn3cc(COC[C@H](c4ccccc4)N(C=O)[C@H]4N5C(=O)[C@@H](NC(=S)[C@H](C)NC)CCS[C@H]5CC4(C)C)nn3)c3ccccc3)N2C1=O. The maximum atomic E-state index is 14.5. The van der Waals surface area contributed by atoms with E-state index in [1.807, 2.05) is 99.7 Å². The quantitative estimate of drug-likeness (QED) is 0.0525. The lowest BCUT2D eigenvalue weighted by molar-refractivity contribution is -0.147. The van der Waals surface area contributed by atoms with E-state index >= 15 is 0 Å². The summed E-state index contributed by atoms with van der Waals surface area (Å²) in [7, 11) is 3.67. The van der Waals surface area contributed by atoms with E-state index in [1.54, 1.807) is 38.0 Å². The number of benzene rings is 2. The molecule has 10 atom stereocenters. The lowest BCUT2D eigenvalue weighted by Gasteiger charge is -2.44. The van der Waals surface area contributed by atoms with E-state index in [4.69, 9.17) is 33.9 Å². The maximum absolute atomic E-state index is 14.5. The summed E-state index contributed by atoms with van der Waals surface area (Å²) in [5.74, 6) is 1.16. The number of carbonyl (C=O) groups is 4. The molecule has 392 valence electrons. The number of carbonyl (C=O) groups excluding carboxylic acids is 4. The van der Waals surface area contributed by atoms with Crippen molar-refractivity contribution in [3.63, 3.8) is 0 Å². The highest BCUT2D eigenvalue weighted by Crippen LogP contribution is 2.49. The van der Waals surface area contributed by atoms with Crippen LogP contribution in [0.1, 0.15) is 96.1 Å². The molecule has 7 rings (SSSR count). The molecule has 0 aliphatic carbocycles. The Balaban J connectivity index is 0.975. The molecule has 4 saturated heterocycles. The van der Waals surface area contributed by atoms with Crippen LogP contribution in [-0.4, -0.2) is 156 Å². The Kier molecular flexibility index (Phi) is 19.2. The van der Waals surface area contributed by atoms with Crippen molar-refractivity contribution in [3.8, 4) is 0 Å². The van der Waals surface area contributed by atoms with Crippen LogP contribution < -0.4 is 26.6 Å². The summed E-state index contributed by atoms with van der Waals surface area (Å²) in [6, 6.07) is 16.6. The van der Waals surface area contributed by atoms with E-state index in [2.05, 4.69) is 64.6 Å². The summed E-state index contributed by atoms with van der Waals surface area (Å²) in [4.78, 5) is 63.3. The lowest BCUT2D eigenvalue weighted by Crippen LogP contribution is -2.59. The van der Waals surface area contributed by atoms with Crippen LogP contribution in [0.25, 0.3) is 0 Å². The number of nitrogens with one attached hydrogen (secondary N) is 5. The Morgan fingerprint density at radius 2 is 1.38 bits per heavy atom. The van der Waals surface area contributed by atoms with Gasteiger partial charge >= 0.3 is 0 Å². The van der Waals surface area contributed by atoms with E-state index in [0.29, 0.717) is 41.5 Å². The second-order valence-corrected chi connectivity index (χ2v) is 24.0. The molecule has 3 aromatic rings. The number of fused-ring (bicyclic) bond motifs is 2. The van der Waals surface area contributed by atoms with Crippen molar-refractivity contribution in [3.05, 3.63) is 83.7 Å². The molecule has 5 N–H and O–H groups in total. The Labute approximate surface area is 444 Å². The van der Waals surface area contributed by atoms with Gasteiger partial charge in [-0.1, -0.05) is 118 Å². The molecule has 4 aliphatic heterocycles. The first kappa shape index (κ1) is 55.5. The van der Waals surface area contributed by atoms with Gasteiger partial charge in [0, 0.05) is 5.41 Å². The van der Waals surface area contributed by atoms with Crippen LogP contribution >= 0.6 is 48.0 Å². The highest BCUT2D eigenvalue weighted by molar-refractivity contribution is 8.00. The van der Waals surface area contributed by atoms with Gasteiger partial charge in [-0.15, -0.1) is 28.6 Å². The number of thioether (sulfide) groups is 2. The van der Waals surface area contributed by atoms with Crippen LogP contribution in [0.5, 0.6) is 0 Å². The van der Waals surface area contributed by atoms with Crippen LogP contribution in [0.2, 0.25) is 0 Å². The molecule has 4 aliphatic rings. The van der Waals surface area contributed by atoms with Gasteiger partial charge in [-0.25, -0.2) is 4.68 Å². The van der Waals surface area contributed by atoms with Gasteiger partial charge in [-0.05, 0) is 81.7 Å². The topological polar surface area (TPSA) is 187 Å². The molecule has 0 radical (unpaired) electrons. The standard InChI is InChI=1S/C51H73N11O6S4/c1-32(52-7)45(69)55-37-19-23-71-41-25-50(3,4)43(61(41)47(37)65)44(64)54-39(34-15-11-9-12-16-34)29-67-22-21-59-27-36(57-58-59)28-68-30-40(35-17-13-10-14-18-35)60(31-63)49-51(5,6)26-42-62(49)48(66)38(20-24-72-42)56-46(70)33(2)53-8/h9-18,27,31-33,37-43,49,52-53H,19-26,28-30H2,1-8H3,(H,54,64)(H,55,69)(H,56,70)/t32-,33-,37-,38-,39+,40+,41-,42-,43+,49-/m0/s1. The van der Waals surface area contributed by atoms with Crippen molar-refractivity contribution in [1.29, 1.82) is 0 Å². The Morgan fingerprint density at radius 1 is 0.819 bits per heavy atom. The number of ether oxygens (including phenoxy) is 2. The highest BCUT2D eigenvalue weighted by Gasteiger charge is 2.56. The number of aromatic nitrogens is 3. The van der Waals surface area contributed by atoms with E-state index < -0.39 is 47.2 Å². The minimum Gasteiger partial charge on any atom is -0.377 e. The van der Waals surface area contributed by atoms with Crippen molar-refractivity contribution in [2.75, 3.05) is 45.4 Å². The van der Waals surface area contributed by atoms with Crippen molar-refractivity contribution >= 4 is 82.1 Å². The number of amides is 4. The zero-order valence-electron chi connectivity index (χ0n) is 42.7. The van der Waals surface area contributed by atoms with E-state index in [9.17, 15) is 19.2 Å². The molecule has 72 heavy (non-hydrogen) atoms. The predicted octanol–water partition coefficient (Wildman–Crippen LogP) is 4.79. The number of hydrogen-bond acceptors (Lipinski definition) is 14. The van der Waals surface area contributed by atoms with Gasteiger partial charge in [0.2, 0.25) is 24.1 Å². The first-order valence-electron chi connectivity index (χ1n) is 25.0. The minimum atomic E-state index is -0.691. The molecule has 2 aromatic carbocycles. The molecule has 0 unspecified atom stereocenters. The predicted molar refractivity (Wildman–Crippen MR) is 291 cm³/mol. The third kappa shape index (κ3) is 13.0. The van der Waals surface area contributed by atoms with E-state index in [0.717, 1.165) is 35.5 Å². The minimum absolute atomic E-state index is 0.0638. The highest BCUT2D eigenvalue weighted by atomic mass is 32.2. The molecular formula is C51H73N11O6S4. The molecule has 1 aromatic heterocycles. The van der Waals surface area contributed by atoms with Gasteiger partial charge in [-0.2, -0.15) is 0 Å². The smallest absolute Gasteiger partial charge is 0.247 e. The first-order valence-corrected chi connectivity index (χ1v) is 27.9. The molecule has 0 spiro atoms. The summed E-state index contributed by atoms with van der Waals surface area (Å²) in [6.45, 7) is 13.4. The number of nitrogens with zero attached hydrogens (tertiary/aromatic N) is 6. The first-order chi connectivity index (χ1) is 34.5. The van der Waals surface area contributed by atoms with Gasteiger partial charge in [0.05, 0.1) is 84.1 Å². The number of thiocarbonyl (C=S) groups is 2. The van der Waals surface area contributed by atoms with Crippen LogP contribution in [0.3, 0.4) is 0 Å². The average molecular weight is 1060 g/mol. The summed E-state index contributed by atoms with van der Waals surface area (Å²) in [5, 5.41) is 24.7. The third-order valence-corrected chi connectivity index (χ3v) is 17.8. The van der Waals surface area contributed by atoms with Crippen molar-refractivity contribution in [2.45, 2.75) is 140 Å². The van der Waals surface area contributed by atoms with Crippen molar-refractivity contribution < 1.29 is 28.7 Å². The summed E-state index contributed by atoms with van der Waals surface area (Å²) < 4.78 is 14.3. The summed E-state index contributed by atoms with van der Waals surface area (Å²) in [5.41, 5.74) is 1.47. The van der Waals surface area contributed by atoms with Gasteiger partial charge in [0.25, 0.3) is 0 Å². The third-order valence-electron chi connectivity index (χ3n) is 14.4. The second kappa shape index (κ2) is 24.9. The Morgan fingerprint density at radius 3 is 1.96 bits per heavy atom.